The first-order chi connectivity index (χ1) is 22.0. The summed E-state index contributed by atoms with van der Waals surface area (Å²) in [5, 5.41) is 9.63. The molecule has 0 atom stereocenters. The van der Waals surface area contributed by atoms with Crippen LogP contribution in [0.5, 0.6) is 0 Å². The number of halogens is 1. The number of carboxylic acid groups (broad SMARTS) is 1. The van der Waals surface area contributed by atoms with Gasteiger partial charge < -0.3 is 14.7 Å². The maximum atomic E-state index is 12.8. The molecule has 3 heterocycles. The van der Waals surface area contributed by atoms with Crippen molar-refractivity contribution in [2.75, 3.05) is 43.4 Å². The quantitative estimate of drug-likeness (QED) is 0.115. The third-order valence-corrected chi connectivity index (χ3v) is 9.08. The van der Waals surface area contributed by atoms with Gasteiger partial charge in [0.2, 0.25) is 10.0 Å². The molecule has 0 saturated carbocycles. The summed E-state index contributed by atoms with van der Waals surface area (Å²) in [7, 11) is -3.04. The molecule has 0 radical (unpaired) electrons. The highest BCUT2D eigenvalue weighted by Crippen LogP contribution is 2.28. The molecule has 236 valence electrons. The molecule has 1 aliphatic heterocycles. The predicted octanol–water partition coefficient (Wildman–Crippen LogP) is 2.28. The Morgan fingerprint density at radius 2 is 1.80 bits per heavy atom. The van der Waals surface area contributed by atoms with Crippen LogP contribution in [0, 0.1) is 11.8 Å². The highest BCUT2D eigenvalue weighted by atomic mass is 35.5. The molecule has 4 N–H and O–H groups in total. The fourth-order valence-corrected chi connectivity index (χ4v) is 5.77. The van der Waals surface area contributed by atoms with Gasteiger partial charge in [-0.05, 0) is 36.4 Å². The molecular formula is C31H27ClN6O7S. The Morgan fingerprint density at radius 3 is 2.46 bits per heavy atom. The number of pyridine rings is 2. The van der Waals surface area contributed by atoms with Crippen molar-refractivity contribution in [1.82, 2.24) is 20.3 Å². The van der Waals surface area contributed by atoms with Gasteiger partial charge in [0.1, 0.15) is 5.82 Å². The van der Waals surface area contributed by atoms with Gasteiger partial charge in [-0.3, -0.25) is 24.1 Å². The van der Waals surface area contributed by atoms with Crippen LogP contribution in [0.1, 0.15) is 31.8 Å². The highest BCUT2D eigenvalue weighted by molar-refractivity contribution is 7.93. The summed E-state index contributed by atoms with van der Waals surface area (Å²) in [5.41, 5.74) is 5.14. The van der Waals surface area contributed by atoms with Gasteiger partial charge in [0.15, 0.2) is 5.75 Å². The summed E-state index contributed by atoms with van der Waals surface area (Å²) in [6.07, 6.45) is 1.27. The lowest BCUT2D eigenvalue weighted by Gasteiger charge is -2.26. The largest absolute Gasteiger partial charge is 0.480 e. The molecule has 2 amide bonds. The number of sulfonamides is 1. The molecule has 0 bridgehead atoms. The van der Waals surface area contributed by atoms with Crippen LogP contribution in [-0.4, -0.2) is 85.3 Å². The van der Waals surface area contributed by atoms with E-state index >= 15 is 0 Å². The molecule has 15 heteroatoms. The molecule has 4 aromatic rings. The minimum atomic E-state index is -4.22. The molecular weight excluding hydrogens is 636 g/mol. The normalized spacial score (nSPS) is 13.1. The minimum Gasteiger partial charge on any atom is -0.480 e. The molecule has 0 aliphatic carbocycles. The number of morpholine rings is 1. The minimum absolute atomic E-state index is 0.0831. The fourth-order valence-electron chi connectivity index (χ4n) is 4.65. The second-order valence-electron chi connectivity index (χ2n) is 10.1. The van der Waals surface area contributed by atoms with Gasteiger partial charge in [-0.15, -0.1) is 0 Å². The summed E-state index contributed by atoms with van der Waals surface area (Å²) >= 11 is 6.45. The first kappa shape index (κ1) is 32.3. The van der Waals surface area contributed by atoms with E-state index in [0.29, 0.717) is 64.7 Å². The van der Waals surface area contributed by atoms with Crippen molar-refractivity contribution >= 4 is 56.1 Å². The number of nitrogens with zero attached hydrogens (tertiary/aromatic N) is 4. The van der Waals surface area contributed by atoms with Crippen molar-refractivity contribution in [3.63, 3.8) is 0 Å². The van der Waals surface area contributed by atoms with Crippen molar-refractivity contribution < 1.29 is 32.6 Å². The van der Waals surface area contributed by atoms with Crippen LogP contribution in [0.2, 0.25) is 5.02 Å². The van der Waals surface area contributed by atoms with Gasteiger partial charge in [-0.2, -0.15) is 0 Å². The molecule has 1 fully saturated rings. The number of aliphatic carboxylic acids is 1. The first-order valence-corrected chi connectivity index (χ1v) is 15.7. The van der Waals surface area contributed by atoms with Crippen LogP contribution in [0.15, 0.2) is 60.8 Å². The van der Waals surface area contributed by atoms with Crippen LogP contribution in [0.4, 0.5) is 5.82 Å². The van der Waals surface area contributed by atoms with Gasteiger partial charge in [0, 0.05) is 60.0 Å². The molecule has 5 rings (SSSR count). The Kier molecular flexibility index (Phi) is 9.49. The van der Waals surface area contributed by atoms with Crippen LogP contribution in [0.25, 0.3) is 22.2 Å². The summed E-state index contributed by atoms with van der Waals surface area (Å²) < 4.78 is 30.9. The van der Waals surface area contributed by atoms with Crippen molar-refractivity contribution in [2.45, 2.75) is 0 Å². The number of nitrogens with two attached hydrogens (primary N) is 1. The third-order valence-electron chi connectivity index (χ3n) is 7.14. The van der Waals surface area contributed by atoms with E-state index in [9.17, 15) is 22.8 Å². The molecule has 2 aromatic carbocycles. The number of nitrogens with one attached hydrogen (secondary N) is 1. The predicted molar refractivity (Wildman–Crippen MR) is 171 cm³/mol. The van der Waals surface area contributed by atoms with Crippen LogP contribution in [-0.2, 0) is 19.6 Å². The van der Waals surface area contributed by atoms with Crippen LogP contribution >= 0.6 is 11.6 Å². The number of carbonyl (C=O) groups is 3. The smallest absolute Gasteiger partial charge is 0.320 e. The summed E-state index contributed by atoms with van der Waals surface area (Å²) in [6.45, 7) is 2.06. The maximum absolute atomic E-state index is 12.8. The maximum Gasteiger partial charge on any atom is 0.320 e. The zero-order valence-corrected chi connectivity index (χ0v) is 25.9. The zero-order chi connectivity index (χ0) is 33.0. The number of carbonyl (C=O) groups excluding carboxylic acids is 2. The SMILES string of the molecule is CN(c1cc2nc(-c3ccc(C#Cc4ccc(C(=O)N5CCOCC5)cc4Cl)cc3)cc(C(=O)NN)c2cn1)S(=O)(=O)CC(=O)O. The van der Waals surface area contributed by atoms with E-state index in [1.54, 1.807) is 47.4 Å². The van der Waals surface area contributed by atoms with E-state index in [2.05, 4.69) is 27.2 Å². The lowest BCUT2D eigenvalue weighted by molar-refractivity contribution is -0.134. The number of carboxylic acids is 1. The van der Waals surface area contributed by atoms with Crippen LogP contribution in [0.3, 0.4) is 0 Å². The van der Waals surface area contributed by atoms with Gasteiger partial charge in [-0.1, -0.05) is 35.6 Å². The average Bonchev–Trinajstić information content (AvgIpc) is 3.06. The number of aromatic nitrogens is 2. The van der Waals surface area contributed by atoms with Gasteiger partial charge >= 0.3 is 5.97 Å². The number of hydrazine groups is 1. The Morgan fingerprint density at radius 1 is 1.09 bits per heavy atom. The molecule has 2 aromatic heterocycles. The average molecular weight is 663 g/mol. The molecule has 13 nitrogen and oxygen atoms in total. The Balaban J connectivity index is 1.42. The van der Waals surface area contributed by atoms with E-state index in [1.807, 2.05) is 0 Å². The number of hydrogen-bond acceptors (Lipinski definition) is 9. The topological polar surface area (TPSA) is 185 Å². The number of anilines is 1. The van der Waals surface area contributed by atoms with Crippen molar-refractivity contribution in [1.29, 1.82) is 0 Å². The van der Waals surface area contributed by atoms with Crippen molar-refractivity contribution in [2.24, 2.45) is 5.84 Å². The number of fused-ring (bicyclic) bond motifs is 1. The van der Waals surface area contributed by atoms with E-state index < -0.39 is 27.7 Å². The van der Waals surface area contributed by atoms with E-state index in [0.717, 1.165) is 4.31 Å². The third kappa shape index (κ3) is 7.08. The first-order valence-electron chi connectivity index (χ1n) is 13.8. The van der Waals surface area contributed by atoms with Crippen molar-refractivity contribution in [3.8, 4) is 23.1 Å². The second-order valence-corrected chi connectivity index (χ2v) is 12.5. The number of ether oxygens (including phenoxy) is 1. The lowest BCUT2D eigenvalue weighted by Crippen LogP contribution is -2.40. The van der Waals surface area contributed by atoms with Gasteiger partial charge in [-0.25, -0.2) is 24.2 Å². The van der Waals surface area contributed by atoms with E-state index in [1.165, 1.54) is 25.4 Å². The summed E-state index contributed by atoms with van der Waals surface area (Å²) in [6, 6.07) is 14.9. The highest BCUT2D eigenvalue weighted by Gasteiger charge is 2.24. The van der Waals surface area contributed by atoms with Crippen LogP contribution < -0.4 is 15.6 Å². The standard InChI is InChI=1S/C31H27ClN6O7S/c1-37(46(43,44)18-29(39)40)28-16-27-24(17-34-28)23(30(41)36-33)15-26(35-27)21-6-3-19(4-7-21)2-5-20-8-9-22(14-25(20)32)31(42)38-10-12-45-13-11-38/h3-4,6-9,14-17H,10-13,18,33H2,1H3,(H,36,41)(H,39,40). The number of nitrogen functional groups attached to an aromatic ring is 1. The molecule has 0 unspecified atom stereocenters. The lowest BCUT2D eigenvalue weighted by atomic mass is 10.0. The molecule has 0 spiro atoms. The van der Waals surface area contributed by atoms with E-state index in [-0.39, 0.29) is 22.8 Å². The van der Waals surface area contributed by atoms with Gasteiger partial charge in [0.05, 0.1) is 35.0 Å². The molecule has 46 heavy (non-hydrogen) atoms. The number of rotatable bonds is 7. The number of hydrogen-bond donors (Lipinski definition) is 3. The fraction of sp³-hybridized carbons (Fsp3) is 0.194. The number of amides is 2. The zero-order valence-electron chi connectivity index (χ0n) is 24.4. The van der Waals surface area contributed by atoms with Gasteiger partial charge in [0.25, 0.3) is 11.8 Å². The summed E-state index contributed by atoms with van der Waals surface area (Å²) in [5.74, 6) is 8.02. The second kappa shape index (κ2) is 13.5. The van der Waals surface area contributed by atoms with E-state index in [4.69, 9.17) is 27.3 Å². The number of benzene rings is 2. The Bertz CT molecular complexity index is 2020. The monoisotopic (exact) mass is 662 g/mol. The Labute approximate surface area is 269 Å². The summed E-state index contributed by atoms with van der Waals surface area (Å²) in [4.78, 5) is 46.8. The molecule has 1 saturated heterocycles. The van der Waals surface area contributed by atoms with Crippen molar-refractivity contribution in [3.05, 3.63) is 88.1 Å². The molecule has 1 aliphatic rings. The Hall–Kier alpha value is -5.07.